The van der Waals surface area contributed by atoms with Crippen molar-refractivity contribution in [2.24, 2.45) is 5.73 Å². The van der Waals surface area contributed by atoms with Gasteiger partial charge in [-0.05, 0) is 19.1 Å². The zero-order chi connectivity index (χ0) is 15.6. The number of benzene rings is 1. The molecule has 1 saturated heterocycles. The van der Waals surface area contributed by atoms with Gasteiger partial charge in [-0.15, -0.1) is 0 Å². The SMILES string of the molecule is CC(=O)c1cc(Cl)cc(CN2CCOCC2C(N)=O)c1O. The molecule has 0 aliphatic carbocycles. The van der Waals surface area contributed by atoms with Crippen LogP contribution in [0.1, 0.15) is 22.8 Å². The Bertz CT molecular complexity index is 576. The van der Waals surface area contributed by atoms with E-state index in [1.165, 1.54) is 13.0 Å². The predicted octanol–water partition coefficient (Wildman–Crippen LogP) is 0.934. The largest absolute Gasteiger partial charge is 0.507 e. The molecule has 1 fully saturated rings. The molecule has 114 valence electrons. The Morgan fingerprint density at radius 3 is 2.86 bits per heavy atom. The smallest absolute Gasteiger partial charge is 0.237 e. The van der Waals surface area contributed by atoms with E-state index in [-0.39, 0.29) is 30.2 Å². The Labute approximate surface area is 127 Å². The molecular formula is C14H17ClN2O4. The van der Waals surface area contributed by atoms with Crippen molar-refractivity contribution < 1.29 is 19.4 Å². The maximum atomic E-state index is 11.5. The van der Waals surface area contributed by atoms with E-state index in [1.807, 2.05) is 0 Å². The number of rotatable bonds is 4. The van der Waals surface area contributed by atoms with E-state index in [2.05, 4.69) is 0 Å². The molecule has 7 heteroatoms. The molecule has 6 nitrogen and oxygen atoms in total. The average molecular weight is 313 g/mol. The number of carbonyl (C=O) groups excluding carboxylic acids is 2. The van der Waals surface area contributed by atoms with Gasteiger partial charge in [-0.3, -0.25) is 14.5 Å². The molecule has 1 aliphatic heterocycles. The number of amides is 1. The van der Waals surface area contributed by atoms with Crippen LogP contribution in [-0.2, 0) is 16.1 Å². The third-order valence-corrected chi connectivity index (χ3v) is 3.69. The van der Waals surface area contributed by atoms with Crippen LogP contribution in [0.3, 0.4) is 0 Å². The average Bonchev–Trinajstić information content (AvgIpc) is 2.42. The highest BCUT2D eigenvalue weighted by atomic mass is 35.5. The van der Waals surface area contributed by atoms with Crippen molar-refractivity contribution in [2.75, 3.05) is 19.8 Å². The van der Waals surface area contributed by atoms with Gasteiger partial charge in [0.25, 0.3) is 0 Å². The molecule has 0 bridgehead atoms. The first-order valence-corrected chi connectivity index (χ1v) is 6.91. The lowest BCUT2D eigenvalue weighted by Crippen LogP contribution is -2.51. The van der Waals surface area contributed by atoms with Gasteiger partial charge in [0.2, 0.25) is 5.91 Å². The summed E-state index contributed by atoms with van der Waals surface area (Å²) in [6, 6.07) is 2.45. The van der Waals surface area contributed by atoms with Gasteiger partial charge in [-0.25, -0.2) is 0 Å². The van der Waals surface area contributed by atoms with E-state index in [0.717, 1.165) is 0 Å². The summed E-state index contributed by atoms with van der Waals surface area (Å²) in [4.78, 5) is 24.8. The number of aromatic hydroxyl groups is 1. The number of primary amides is 1. The van der Waals surface area contributed by atoms with Crippen LogP contribution in [0.25, 0.3) is 0 Å². The van der Waals surface area contributed by atoms with Crippen LogP contribution >= 0.6 is 11.6 Å². The highest BCUT2D eigenvalue weighted by Crippen LogP contribution is 2.29. The van der Waals surface area contributed by atoms with Gasteiger partial charge in [0.1, 0.15) is 11.8 Å². The molecule has 21 heavy (non-hydrogen) atoms. The van der Waals surface area contributed by atoms with Crippen LogP contribution < -0.4 is 5.73 Å². The molecule has 1 unspecified atom stereocenters. The minimum atomic E-state index is -0.557. The predicted molar refractivity (Wildman–Crippen MR) is 77.3 cm³/mol. The second-order valence-corrected chi connectivity index (χ2v) is 5.42. The van der Waals surface area contributed by atoms with E-state index in [0.29, 0.717) is 23.7 Å². The lowest BCUT2D eigenvalue weighted by Gasteiger charge is -2.33. The van der Waals surface area contributed by atoms with Gasteiger partial charge in [0.05, 0.1) is 18.8 Å². The van der Waals surface area contributed by atoms with Gasteiger partial charge in [0.15, 0.2) is 5.78 Å². The summed E-state index contributed by atoms with van der Waals surface area (Å²) >= 11 is 5.98. The van der Waals surface area contributed by atoms with Gasteiger partial charge in [0, 0.05) is 23.7 Å². The lowest BCUT2D eigenvalue weighted by molar-refractivity contribution is -0.129. The molecule has 1 aliphatic rings. The number of nitrogens with two attached hydrogens (primary N) is 1. The maximum Gasteiger partial charge on any atom is 0.237 e. The van der Waals surface area contributed by atoms with Crippen molar-refractivity contribution in [3.05, 3.63) is 28.3 Å². The number of nitrogens with zero attached hydrogens (tertiary/aromatic N) is 1. The molecule has 2 rings (SSSR count). The van der Waals surface area contributed by atoms with Crippen LogP contribution in [-0.4, -0.2) is 47.5 Å². The number of phenolic OH excluding ortho intramolecular Hbond substituents is 1. The topological polar surface area (TPSA) is 92.9 Å². The molecule has 1 aromatic carbocycles. The summed E-state index contributed by atoms with van der Waals surface area (Å²) in [5.41, 5.74) is 6.01. The van der Waals surface area contributed by atoms with E-state index in [9.17, 15) is 14.7 Å². The van der Waals surface area contributed by atoms with Gasteiger partial charge in [-0.1, -0.05) is 11.6 Å². The normalized spacial score (nSPS) is 19.4. The fourth-order valence-corrected chi connectivity index (χ4v) is 2.59. The van der Waals surface area contributed by atoms with Crippen LogP contribution in [0.15, 0.2) is 12.1 Å². The number of hydrogen-bond acceptors (Lipinski definition) is 5. The number of morpholine rings is 1. The van der Waals surface area contributed by atoms with Crippen LogP contribution in [0.5, 0.6) is 5.75 Å². The standard InChI is InChI=1S/C14H17ClN2O4/c1-8(18)11-5-10(15)4-9(13(11)19)6-17-2-3-21-7-12(17)14(16)20/h4-5,12,19H,2-3,6-7H2,1H3,(H2,16,20). The van der Waals surface area contributed by atoms with Gasteiger partial charge >= 0.3 is 0 Å². The van der Waals surface area contributed by atoms with Crippen LogP contribution in [0.2, 0.25) is 5.02 Å². The molecular weight excluding hydrogens is 296 g/mol. The van der Waals surface area contributed by atoms with Gasteiger partial charge in [-0.2, -0.15) is 0 Å². The second kappa shape index (κ2) is 6.43. The summed E-state index contributed by atoms with van der Waals surface area (Å²) < 4.78 is 5.24. The first kappa shape index (κ1) is 15.8. The summed E-state index contributed by atoms with van der Waals surface area (Å²) in [7, 11) is 0. The monoisotopic (exact) mass is 312 g/mol. The quantitative estimate of drug-likeness (QED) is 0.807. The Hall–Kier alpha value is -1.63. The van der Waals surface area contributed by atoms with Crippen LogP contribution in [0.4, 0.5) is 0 Å². The number of phenols is 1. The zero-order valence-corrected chi connectivity index (χ0v) is 12.4. The molecule has 1 aromatic rings. The lowest BCUT2D eigenvalue weighted by atomic mass is 10.0. The third kappa shape index (κ3) is 3.53. The first-order valence-electron chi connectivity index (χ1n) is 6.53. The molecule has 1 atom stereocenters. The van der Waals surface area contributed by atoms with E-state index in [1.54, 1.807) is 11.0 Å². The fourth-order valence-electron chi connectivity index (χ4n) is 2.35. The highest BCUT2D eigenvalue weighted by Gasteiger charge is 2.28. The Balaban J connectivity index is 2.30. The van der Waals surface area contributed by atoms with Crippen molar-refractivity contribution in [3.8, 4) is 5.75 Å². The summed E-state index contributed by atoms with van der Waals surface area (Å²) in [6.07, 6.45) is 0. The first-order chi connectivity index (χ1) is 9.90. The molecule has 0 spiro atoms. The molecule has 3 N–H and O–H groups in total. The summed E-state index contributed by atoms with van der Waals surface area (Å²) in [5, 5.41) is 10.5. The third-order valence-electron chi connectivity index (χ3n) is 3.47. The maximum absolute atomic E-state index is 11.5. The molecule has 0 aromatic heterocycles. The van der Waals surface area contributed by atoms with Gasteiger partial charge < -0.3 is 15.6 Å². The highest BCUT2D eigenvalue weighted by molar-refractivity contribution is 6.31. The summed E-state index contributed by atoms with van der Waals surface area (Å²) in [5.74, 6) is -0.866. The molecule has 0 saturated carbocycles. The number of ether oxygens (including phenoxy) is 1. The van der Waals surface area contributed by atoms with E-state index in [4.69, 9.17) is 22.1 Å². The fraction of sp³-hybridized carbons (Fsp3) is 0.429. The summed E-state index contributed by atoms with van der Waals surface area (Å²) in [6.45, 7) is 2.83. The molecule has 0 radical (unpaired) electrons. The van der Waals surface area contributed by atoms with Crippen molar-refractivity contribution in [3.63, 3.8) is 0 Å². The van der Waals surface area contributed by atoms with Crippen LogP contribution in [0, 0.1) is 0 Å². The van der Waals surface area contributed by atoms with Crippen molar-refractivity contribution >= 4 is 23.3 Å². The molecule has 1 amide bonds. The molecule has 1 heterocycles. The Kier molecular flexibility index (Phi) is 4.82. The number of carbonyl (C=O) groups is 2. The van der Waals surface area contributed by atoms with E-state index >= 15 is 0 Å². The Morgan fingerprint density at radius 2 is 2.24 bits per heavy atom. The van der Waals surface area contributed by atoms with Crippen molar-refractivity contribution in [2.45, 2.75) is 19.5 Å². The minimum Gasteiger partial charge on any atom is -0.507 e. The minimum absolute atomic E-state index is 0.110. The number of ketones is 1. The zero-order valence-electron chi connectivity index (χ0n) is 11.6. The number of halogens is 1. The van der Waals surface area contributed by atoms with Crippen molar-refractivity contribution in [1.29, 1.82) is 0 Å². The number of Topliss-reactive ketones (excluding diaryl/α,β-unsaturated/α-hetero) is 1. The second-order valence-electron chi connectivity index (χ2n) is 4.98. The van der Waals surface area contributed by atoms with E-state index < -0.39 is 11.9 Å². The van der Waals surface area contributed by atoms with Crippen molar-refractivity contribution in [1.82, 2.24) is 4.90 Å². The number of hydrogen-bond donors (Lipinski definition) is 2. The Morgan fingerprint density at radius 1 is 1.52 bits per heavy atom.